The van der Waals surface area contributed by atoms with Gasteiger partial charge in [-0.25, -0.2) is 0 Å². The van der Waals surface area contributed by atoms with Crippen molar-refractivity contribution in [2.24, 2.45) is 0 Å². The van der Waals surface area contributed by atoms with Crippen LogP contribution in [-0.2, 0) is 17.8 Å². The molecule has 1 heterocycles. The third kappa shape index (κ3) is 5.75. The van der Waals surface area contributed by atoms with Crippen LogP contribution in [0.1, 0.15) is 30.8 Å². The van der Waals surface area contributed by atoms with E-state index in [0.717, 1.165) is 17.0 Å². The zero-order valence-corrected chi connectivity index (χ0v) is 15.1. The number of nitrogens with zero attached hydrogens (tertiary/aromatic N) is 2. The van der Waals surface area contributed by atoms with Crippen molar-refractivity contribution in [3.05, 3.63) is 47.3 Å². The number of benzene rings is 1. The first kappa shape index (κ1) is 17.6. The molecule has 0 aliphatic rings. The molecule has 0 saturated carbocycles. The van der Waals surface area contributed by atoms with E-state index in [1.165, 1.54) is 4.90 Å². The van der Waals surface area contributed by atoms with Crippen LogP contribution >= 0.6 is 11.8 Å². The average molecular weight is 331 g/mol. The van der Waals surface area contributed by atoms with Crippen LogP contribution in [0.2, 0.25) is 0 Å². The van der Waals surface area contributed by atoms with Gasteiger partial charge in [-0.2, -0.15) is 5.10 Å². The minimum Gasteiger partial charge on any atom is -0.354 e. The van der Waals surface area contributed by atoms with Crippen molar-refractivity contribution >= 4 is 17.7 Å². The van der Waals surface area contributed by atoms with Crippen molar-refractivity contribution in [3.8, 4) is 0 Å². The fraction of sp³-hybridized carbons (Fsp3) is 0.444. The Hall–Kier alpha value is -1.75. The first-order valence-corrected chi connectivity index (χ1v) is 8.85. The van der Waals surface area contributed by atoms with Crippen molar-refractivity contribution in [2.75, 3.05) is 6.54 Å². The number of rotatable bonds is 7. The van der Waals surface area contributed by atoms with Gasteiger partial charge in [0, 0.05) is 22.4 Å². The SMILES string of the molecule is Cc1cc(C)n(CCNC(=O)Cc2ccc(SC(C)C)cc2)n1. The Bertz CT molecular complexity index is 647. The van der Waals surface area contributed by atoms with Gasteiger partial charge in [0.1, 0.15) is 0 Å². The number of carbonyl (C=O) groups is 1. The van der Waals surface area contributed by atoms with E-state index in [2.05, 4.69) is 36.4 Å². The molecule has 23 heavy (non-hydrogen) atoms. The Kier molecular flexibility index (Phi) is 6.28. The van der Waals surface area contributed by atoms with Gasteiger partial charge in [-0.05, 0) is 37.6 Å². The molecule has 1 N–H and O–H groups in total. The highest BCUT2D eigenvalue weighted by Gasteiger charge is 2.05. The fourth-order valence-electron chi connectivity index (χ4n) is 2.41. The molecule has 0 aliphatic heterocycles. The van der Waals surface area contributed by atoms with Crippen LogP contribution in [0.5, 0.6) is 0 Å². The summed E-state index contributed by atoms with van der Waals surface area (Å²) in [6, 6.07) is 10.3. The first-order valence-electron chi connectivity index (χ1n) is 7.97. The van der Waals surface area contributed by atoms with E-state index in [0.29, 0.717) is 24.8 Å². The zero-order valence-electron chi connectivity index (χ0n) is 14.3. The van der Waals surface area contributed by atoms with Crippen LogP contribution in [0.15, 0.2) is 35.2 Å². The number of amides is 1. The lowest BCUT2D eigenvalue weighted by atomic mass is 10.1. The molecule has 0 bridgehead atoms. The van der Waals surface area contributed by atoms with Crippen LogP contribution in [0, 0.1) is 13.8 Å². The number of carbonyl (C=O) groups excluding carboxylic acids is 1. The number of hydrogen-bond donors (Lipinski definition) is 1. The molecule has 0 aliphatic carbocycles. The van der Waals surface area contributed by atoms with Gasteiger partial charge in [0.05, 0.1) is 18.7 Å². The van der Waals surface area contributed by atoms with Crippen molar-refractivity contribution in [3.63, 3.8) is 0 Å². The Morgan fingerprint density at radius 2 is 1.96 bits per heavy atom. The summed E-state index contributed by atoms with van der Waals surface area (Å²) in [5.74, 6) is 0.0517. The smallest absolute Gasteiger partial charge is 0.224 e. The second-order valence-electron chi connectivity index (χ2n) is 5.99. The second kappa shape index (κ2) is 8.20. The molecule has 0 fully saturated rings. The number of nitrogens with one attached hydrogen (secondary N) is 1. The first-order chi connectivity index (χ1) is 10.9. The largest absolute Gasteiger partial charge is 0.354 e. The summed E-state index contributed by atoms with van der Waals surface area (Å²) in [7, 11) is 0. The van der Waals surface area contributed by atoms with E-state index in [9.17, 15) is 4.79 Å². The van der Waals surface area contributed by atoms with Gasteiger partial charge in [0.25, 0.3) is 0 Å². The minimum absolute atomic E-state index is 0.0517. The quantitative estimate of drug-likeness (QED) is 0.791. The second-order valence-corrected chi connectivity index (χ2v) is 7.64. The third-order valence-corrected chi connectivity index (χ3v) is 4.42. The Balaban J connectivity index is 1.77. The van der Waals surface area contributed by atoms with Gasteiger partial charge in [0.2, 0.25) is 5.91 Å². The summed E-state index contributed by atoms with van der Waals surface area (Å²) in [5, 5.41) is 7.91. The third-order valence-electron chi connectivity index (χ3n) is 3.41. The molecule has 0 spiro atoms. The molecule has 5 heteroatoms. The Morgan fingerprint density at radius 3 is 2.52 bits per heavy atom. The van der Waals surface area contributed by atoms with Crippen molar-refractivity contribution in [1.82, 2.24) is 15.1 Å². The number of thioether (sulfide) groups is 1. The molecule has 2 aromatic rings. The maximum atomic E-state index is 12.0. The van der Waals surface area contributed by atoms with Crippen molar-refractivity contribution < 1.29 is 4.79 Å². The molecule has 1 aromatic carbocycles. The summed E-state index contributed by atoms with van der Waals surface area (Å²) in [5.41, 5.74) is 3.17. The maximum absolute atomic E-state index is 12.0. The van der Waals surface area contributed by atoms with E-state index >= 15 is 0 Å². The van der Waals surface area contributed by atoms with Crippen LogP contribution in [0.3, 0.4) is 0 Å². The van der Waals surface area contributed by atoms with E-state index in [1.807, 2.05) is 48.5 Å². The van der Waals surface area contributed by atoms with E-state index in [1.54, 1.807) is 0 Å². The molecular weight excluding hydrogens is 306 g/mol. The predicted molar refractivity (Wildman–Crippen MR) is 95.8 cm³/mol. The zero-order chi connectivity index (χ0) is 16.8. The monoisotopic (exact) mass is 331 g/mol. The highest BCUT2D eigenvalue weighted by molar-refractivity contribution is 7.99. The van der Waals surface area contributed by atoms with Gasteiger partial charge in [0.15, 0.2) is 0 Å². The summed E-state index contributed by atoms with van der Waals surface area (Å²) < 4.78 is 1.92. The average Bonchev–Trinajstić information content (AvgIpc) is 2.79. The molecule has 2 rings (SSSR count). The lowest BCUT2D eigenvalue weighted by Crippen LogP contribution is -2.29. The van der Waals surface area contributed by atoms with Gasteiger partial charge >= 0.3 is 0 Å². The summed E-state index contributed by atoms with van der Waals surface area (Å²) in [6.45, 7) is 9.66. The Labute approximate surface area is 142 Å². The lowest BCUT2D eigenvalue weighted by molar-refractivity contribution is -0.120. The van der Waals surface area contributed by atoms with Crippen molar-refractivity contribution in [1.29, 1.82) is 0 Å². The number of aryl methyl sites for hydroxylation is 2. The predicted octanol–water partition coefficient (Wildman–Crippen LogP) is 3.36. The highest BCUT2D eigenvalue weighted by Crippen LogP contribution is 2.22. The minimum atomic E-state index is 0.0517. The van der Waals surface area contributed by atoms with Crippen molar-refractivity contribution in [2.45, 2.75) is 50.8 Å². The summed E-state index contributed by atoms with van der Waals surface area (Å²) in [4.78, 5) is 13.3. The molecule has 0 radical (unpaired) electrons. The van der Waals surface area contributed by atoms with E-state index in [-0.39, 0.29) is 5.91 Å². The number of aromatic nitrogens is 2. The summed E-state index contributed by atoms with van der Waals surface area (Å²) >= 11 is 1.83. The molecule has 0 unspecified atom stereocenters. The molecule has 1 aromatic heterocycles. The normalized spacial score (nSPS) is 11.0. The van der Waals surface area contributed by atoms with Crippen LogP contribution in [0.25, 0.3) is 0 Å². The van der Waals surface area contributed by atoms with E-state index in [4.69, 9.17) is 0 Å². The highest BCUT2D eigenvalue weighted by atomic mass is 32.2. The molecule has 0 atom stereocenters. The van der Waals surface area contributed by atoms with Crippen LogP contribution in [0.4, 0.5) is 0 Å². The molecule has 124 valence electrons. The van der Waals surface area contributed by atoms with Gasteiger partial charge in [-0.1, -0.05) is 26.0 Å². The molecule has 4 nitrogen and oxygen atoms in total. The maximum Gasteiger partial charge on any atom is 0.224 e. The van der Waals surface area contributed by atoms with Gasteiger partial charge in [-0.3, -0.25) is 9.48 Å². The van der Waals surface area contributed by atoms with Crippen LogP contribution < -0.4 is 5.32 Å². The van der Waals surface area contributed by atoms with Gasteiger partial charge in [-0.15, -0.1) is 11.8 Å². The van der Waals surface area contributed by atoms with Crippen LogP contribution in [-0.4, -0.2) is 27.5 Å². The van der Waals surface area contributed by atoms with Gasteiger partial charge < -0.3 is 5.32 Å². The van der Waals surface area contributed by atoms with E-state index < -0.39 is 0 Å². The molecule has 1 amide bonds. The number of hydrogen-bond acceptors (Lipinski definition) is 3. The summed E-state index contributed by atoms with van der Waals surface area (Å²) in [6.07, 6.45) is 0.420. The Morgan fingerprint density at radius 1 is 1.26 bits per heavy atom. The topological polar surface area (TPSA) is 46.9 Å². The molecular formula is C18H25N3OS. The fourth-order valence-corrected chi connectivity index (χ4v) is 3.25. The standard InChI is InChI=1S/C18H25N3OS/c1-13(2)23-17-7-5-16(6-8-17)12-18(22)19-9-10-21-15(4)11-14(3)20-21/h5-8,11,13H,9-10,12H2,1-4H3,(H,19,22). The molecule has 0 saturated heterocycles. The lowest BCUT2D eigenvalue weighted by Gasteiger charge is -2.08.